The zero-order valence-corrected chi connectivity index (χ0v) is 14.7. The van der Waals surface area contributed by atoms with E-state index in [1.54, 1.807) is 12.1 Å². The van der Waals surface area contributed by atoms with Crippen LogP contribution < -0.4 is 15.4 Å². The number of hydrogen-bond donors (Lipinski definition) is 2. The molecule has 2 rings (SSSR count). The van der Waals surface area contributed by atoms with Crippen LogP contribution in [0.5, 0.6) is 5.75 Å². The van der Waals surface area contributed by atoms with Crippen LogP contribution in [0.25, 0.3) is 0 Å². The minimum atomic E-state index is -0.227. The molecule has 0 fully saturated rings. The highest BCUT2D eigenvalue weighted by Crippen LogP contribution is 2.24. The molecule has 0 aliphatic rings. The van der Waals surface area contributed by atoms with Crippen molar-refractivity contribution in [3.05, 3.63) is 59.9 Å². The van der Waals surface area contributed by atoms with E-state index in [0.717, 1.165) is 18.5 Å². The Labute approximate surface area is 148 Å². The number of benzene rings is 2. The van der Waals surface area contributed by atoms with Gasteiger partial charge in [0.25, 0.3) is 0 Å². The predicted molar refractivity (Wildman–Crippen MR) is 98.4 cm³/mol. The largest absolute Gasteiger partial charge is 0.489 e. The molecule has 0 aromatic heterocycles. The van der Waals surface area contributed by atoms with Crippen molar-refractivity contribution in [1.29, 1.82) is 0 Å². The Morgan fingerprint density at radius 1 is 1.08 bits per heavy atom. The molecule has 0 saturated heterocycles. The van der Waals surface area contributed by atoms with Gasteiger partial charge in [-0.3, -0.25) is 4.79 Å². The van der Waals surface area contributed by atoms with Crippen LogP contribution in [0.1, 0.15) is 25.8 Å². The summed E-state index contributed by atoms with van der Waals surface area (Å²) in [5.41, 5.74) is 1.76. The van der Waals surface area contributed by atoms with Gasteiger partial charge in [-0.25, -0.2) is 4.39 Å². The first kappa shape index (κ1) is 18.9. The van der Waals surface area contributed by atoms with Crippen LogP contribution in [0.3, 0.4) is 0 Å². The van der Waals surface area contributed by atoms with Gasteiger partial charge >= 0.3 is 0 Å². The topological polar surface area (TPSA) is 50.4 Å². The summed E-state index contributed by atoms with van der Waals surface area (Å²) in [7, 11) is 0. The standard InChI is InChI=1S/C20H25FN2O2/c1-15(2)25-19-6-4-3-5-18(19)23-20(24)12-14-22-13-11-16-7-9-17(21)10-8-16/h3-10,15,22H,11-14H2,1-2H3,(H,23,24). The van der Waals surface area contributed by atoms with Crippen LogP contribution in [0.2, 0.25) is 0 Å². The van der Waals surface area contributed by atoms with Crippen LogP contribution in [0, 0.1) is 5.82 Å². The number of para-hydroxylation sites is 2. The Balaban J connectivity index is 1.70. The maximum atomic E-state index is 12.8. The van der Waals surface area contributed by atoms with Crippen molar-refractivity contribution in [1.82, 2.24) is 5.32 Å². The fourth-order valence-corrected chi connectivity index (χ4v) is 2.35. The lowest BCUT2D eigenvalue weighted by Gasteiger charge is -2.14. The fourth-order valence-electron chi connectivity index (χ4n) is 2.35. The lowest BCUT2D eigenvalue weighted by atomic mass is 10.1. The summed E-state index contributed by atoms with van der Waals surface area (Å²) >= 11 is 0. The number of anilines is 1. The molecule has 0 saturated carbocycles. The van der Waals surface area contributed by atoms with E-state index in [0.29, 0.717) is 24.4 Å². The number of rotatable bonds is 9. The van der Waals surface area contributed by atoms with Crippen LogP contribution in [0.15, 0.2) is 48.5 Å². The Morgan fingerprint density at radius 3 is 2.52 bits per heavy atom. The number of carbonyl (C=O) groups excluding carboxylic acids is 1. The van der Waals surface area contributed by atoms with Gasteiger partial charge in [0.05, 0.1) is 11.8 Å². The highest BCUT2D eigenvalue weighted by molar-refractivity contribution is 5.92. The average molecular weight is 344 g/mol. The quantitative estimate of drug-likeness (QED) is 0.681. The number of amides is 1. The summed E-state index contributed by atoms with van der Waals surface area (Å²) in [5.74, 6) is 0.388. The lowest BCUT2D eigenvalue weighted by molar-refractivity contribution is -0.116. The molecule has 1 amide bonds. The molecule has 25 heavy (non-hydrogen) atoms. The molecule has 0 aliphatic carbocycles. The molecule has 0 atom stereocenters. The summed E-state index contributed by atoms with van der Waals surface area (Å²) in [6.45, 7) is 5.22. The Hall–Kier alpha value is -2.40. The molecular formula is C20H25FN2O2. The van der Waals surface area contributed by atoms with Gasteiger partial charge in [-0.2, -0.15) is 0 Å². The van der Waals surface area contributed by atoms with Crippen molar-refractivity contribution in [2.75, 3.05) is 18.4 Å². The first-order valence-electron chi connectivity index (χ1n) is 8.55. The predicted octanol–water partition coefficient (Wildman–Crippen LogP) is 3.77. The first-order chi connectivity index (χ1) is 12.0. The smallest absolute Gasteiger partial charge is 0.225 e. The van der Waals surface area contributed by atoms with E-state index in [-0.39, 0.29) is 17.8 Å². The molecule has 134 valence electrons. The Morgan fingerprint density at radius 2 is 1.80 bits per heavy atom. The third-order valence-corrected chi connectivity index (χ3v) is 3.56. The van der Waals surface area contributed by atoms with Gasteiger partial charge in [0.1, 0.15) is 11.6 Å². The van der Waals surface area contributed by atoms with Gasteiger partial charge in [-0.1, -0.05) is 24.3 Å². The summed E-state index contributed by atoms with van der Waals surface area (Å²) in [6.07, 6.45) is 1.22. The molecule has 2 N–H and O–H groups in total. The second-order valence-corrected chi connectivity index (χ2v) is 6.09. The number of ether oxygens (including phenoxy) is 1. The molecular weight excluding hydrogens is 319 g/mol. The second kappa shape index (κ2) is 9.79. The summed E-state index contributed by atoms with van der Waals surface area (Å²) in [6, 6.07) is 13.9. The van der Waals surface area contributed by atoms with Crippen LogP contribution >= 0.6 is 0 Å². The molecule has 0 aliphatic heterocycles. The van der Waals surface area contributed by atoms with Crippen LogP contribution in [-0.4, -0.2) is 25.1 Å². The maximum absolute atomic E-state index is 12.8. The van der Waals surface area contributed by atoms with E-state index < -0.39 is 0 Å². The van der Waals surface area contributed by atoms with Gasteiger partial charge in [0.2, 0.25) is 5.91 Å². The van der Waals surface area contributed by atoms with Gasteiger partial charge in [0.15, 0.2) is 0 Å². The summed E-state index contributed by atoms with van der Waals surface area (Å²) in [4.78, 5) is 12.1. The lowest BCUT2D eigenvalue weighted by Crippen LogP contribution is -2.24. The minimum Gasteiger partial charge on any atom is -0.489 e. The minimum absolute atomic E-state index is 0.0474. The number of halogens is 1. The van der Waals surface area contributed by atoms with Crippen molar-refractivity contribution in [3.8, 4) is 5.75 Å². The van der Waals surface area contributed by atoms with Crippen molar-refractivity contribution in [2.24, 2.45) is 0 Å². The van der Waals surface area contributed by atoms with E-state index >= 15 is 0 Å². The third kappa shape index (κ3) is 6.93. The van der Waals surface area contributed by atoms with Crippen molar-refractivity contribution < 1.29 is 13.9 Å². The van der Waals surface area contributed by atoms with Crippen molar-refractivity contribution in [3.63, 3.8) is 0 Å². The highest BCUT2D eigenvalue weighted by Gasteiger charge is 2.08. The molecule has 0 bridgehead atoms. The van der Waals surface area contributed by atoms with Crippen LogP contribution in [0.4, 0.5) is 10.1 Å². The maximum Gasteiger partial charge on any atom is 0.225 e. The van der Waals surface area contributed by atoms with Gasteiger partial charge in [-0.05, 0) is 56.6 Å². The van der Waals surface area contributed by atoms with E-state index in [1.807, 2.05) is 38.1 Å². The Kier molecular flexibility index (Phi) is 7.41. The van der Waals surface area contributed by atoms with E-state index in [9.17, 15) is 9.18 Å². The zero-order valence-electron chi connectivity index (χ0n) is 14.7. The van der Waals surface area contributed by atoms with Gasteiger partial charge < -0.3 is 15.4 Å². The molecule has 4 nitrogen and oxygen atoms in total. The molecule has 0 unspecified atom stereocenters. The number of carbonyl (C=O) groups is 1. The number of hydrogen-bond acceptors (Lipinski definition) is 3. The molecule has 0 radical (unpaired) electrons. The summed E-state index contributed by atoms with van der Waals surface area (Å²) in [5, 5.41) is 6.11. The summed E-state index contributed by atoms with van der Waals surface area (Å²) < 4.78 is 18.5. The highest BCUT2D eigenvalue weighted by atomic mass is 19.1. The van der Waals surface area contributed by atoms with Crippen molar-refractivity contribution >= 4 is 11.6 Å². The van der Waals surface area contributed by atoms with Crippen LogP contribution in [-0.2, 0) is 11.2 Å². The fraction of sp³-hybridized carbons (Fsp3) is 0.350. The monoisotopic (exact) mass is 344 g/mol. The third-order valence-electron chi connectivity index (χ3n) is 3.56. The number of nitrogens with one attached hydrogen (secondary N) is 2. The molecule has 5 heteroatoms. The zero-order chi connectivity index (χ0) is 18.1. The van der Waals surface area contributed by atoms with E-state index in [4.69, 9.17) is 4.74 Å². The van der Waals surface area contributed by atoms with Gasteiger partial charge in [-0.15, -0.1) is 0 Å². The first-order valence-corrected chi connectivity index (χ1v) is 8.55. The van der Waals surface area contributed by atoms with E-state index in [2.05, 4.69) is 10.6 Å². The Bertz CT molecular complexity index is 672. The van der Waals surface area contributed by atoms with Crippen molar-refractivity contribution in [2.45, 2.75) is 32.8 Å². The molecule has 0 spiro atoms. The molecule has 2 aromatic rings. The average Bonchev–Trinajstić information content (AvgIpc) is 2.57. The second-order valence-electron chi connectivity index (χ2n) is 6.09. The SMILES string of the molecule is CC(C)Oc1ccccc1NC(=O)CCNCCc1ccc(F)cc1. The van der Waals surface area contributed by atoms with Gasteiger partial charge in [0, 0.05) is 13.0 Å². The van der Waals surface area contributed by atoms with E-state index in [1.165, 1.54) is 12.1 Å². The normalized spacial score (nSPS) is 10.7. The molecule has 0 heterocycles. The molecule has 2 aromatic carbocycles.